The lowest BCUT2D eigenvalue weighted by Crippen LogP contribution is -2.40. The molecule has 4 heterocycles. The third kappa shape index (κ3) is 3.42. The van der Waals surface area contributed by atoms with Crippen molar-refractivity contribution in [2.24, 2.45) is 0 Å². The second-order valence-electron chi connectivity index (χ2n) is 6.11. The first-order valence-corrected chi connectivity index (χ1v) is 8.27. The summed E-state index contributed by atoms with van der Waals surface area (Å²) in [6, 6.07) is 3.73. The van der Waals surface area contributed by atoms with Crippen LogP contribution in [0.5, 0.6) is 0 Å². The van der Waals surface area contributed by atoms with Crippen molar-refractivity contribution in [3.63, 3.8) is 0 Å². The molecular weight excluding hydrogens is 320 g/mol. The molecule has 1 amide bonds. The molecule has 0 radical (unpaired) electrons. The molecule has 1 fully saturated rings. The summed E-state index contributed by atoms with van der Waals surface area (Å²) in [5.74, 6) is 1.26. The number of pyridine rings is 1. The normalized spacial score (nSPS) is 17.6. The van der Waals surface area contributed by atoms with Crippen LogP contribution in [-0.2, 0) is 11.3 Å². The van der Waals surface area contributed by atoms with Gasteiger partial charge in [-0.05, 0) is 25.0 Å². The molecule has 1 saturated heterocycles. The second-order valence-corrected chi connectivity index (χ2v) is 6.11. The van der Waals surface area contributed by atoms with E-state index >= 15 is 0 Å². The molecule has 0 N–H and O–H groups in total. The summed E-state index contributed by atoms with van der Waals surface area (Å²) in [6.07, 6.45) is 10.4. The minimum Gasteiger partial charge on any atom is -0.340 e. The zero-order valence-electron chi connectivity index (χ0n) is 13.7. The van der Waals surface area contributed by atoms with E-state index in [-0.39, 0.29) is 11.8 Å². The van der Waals surface area contributed by atoms with Crippen molar-refractivity contribution in [3.05, 3.63) is 49.1 Å². The zero-order chi connectivity index (χ0) is 17.1. The number of carbonyl (C=O) groups is 1. The number of hydrogen-bond acceptors (Lipinski definition) is 6. The van der Waals surface area contributed by atoms with E-state index in [1.165, 1.54) is 0 Å². The summed E-state index contributed by atoms with van der Waals surface area (Å²) < 4.78 is 7.23. The van der Waals surface area contributed by atoms with Gasteiger partial charge in [0.15, 0.2) is 0 Å². The molecule has 25 heavy (non-hydrogen) atoms. The SMILES string of the molecule is O=C(Cn1ccnc1)N1CCC[C@H](c2nc(-c3cccnc3)no2)C1. The molecule has 0 aromatic carbocycles. The van der Waals surface area contributed by atoms with Gasteiger partial charge in [0, 0.05) is 43.4 Å². The van der Waals surface area contributed by atoms with Crippen LogP contribution in [0.1, 0.15) is 24.7 Å². The van der Waals surface area contributed by atoms with Crippen molar-refractivity contribution in [3.8, 4) is 11.4 Å². The molecule has 8 nitrogen and oxygen atoms in total. The summed E-state index contributed by atoms with van der Waals surface area (Å²) >= 11 is 0. The van der Waals surface area contributed by atoms with E-state index in [1.54, 1.807) is 35.7 Å². The first kappa shape index (κ1) is 15.5. The smallest absolute Gasteiger partial charge is 0.242 e. The molecule has 1 aliphatic rings. The van der Waals surface area contributed by atoms with Crippen molar-refractivity contribution in [2.75, 3.05) is 13.1 Å². The highest BCUT2D eigenvalue weighted by atomic mass is 16.5. The highest BCUT2D eigenvalue weighted by Crippen LogP contribution is 2.27. The van der Waals surface area contributed by atoms with Crippen LogP contribution >= 0.6 is 0 Å². The number of hydrogen-bond donors (Lipinski definition) is 0. The molecule has 4 rings (SSSR count). The van der Waals surface area contributed by atoms with Crippen molar-refractivity contribution >= 4 is 5.91 Å². The maximum absolute atomic E-state index is 12.5. The third-order valence-corrected chi connectivity index (χ3v) is 4.36. The van der Waals surface area contributed by atoms with E-state index in [0.717, 1.165) is 24.9 Å². The first-order valence-electron chi connectivity index (χ1n) is 8.27. The first-order chi connectivity index (χ1) is 12.3. The monoisotopic (exact) mass is 338 g/mol. The van der Waals surface area contributed by atoms with Crippen molar-refractivity contribution in [1.29, 1.82) is 0 Å². The van der Waals surface area contributed by atoms with Gasteiger partial charge in [0.1, 0.15) is 6.54 Å². The van der Waals surface area contributed by atoms with Crippen LogP contribution in [0.4, 0.5) is 0 Å². The highest BCUT2D eigenvalue weighted by Gasteiger charge is 2.28. The van der Waals surface area contributed by atoms with Gasteiger partial charge in [0.25, 0.3) is 0 Å². The summed E-state index contributed by atoms with van der Waals surface area (Å²) in [5, 5.41) is 4.05. The Hall–Kier alpha value is -3.03. The molecule has 0 aliphatic carbocycles. The lowest BCUT2D eigenvalue weighted by molar-refractivity contribution is -0.133. The lowest BCUT2D eigenvalue weighted by Gasteiger charge is -2.31. The largest absolute Gasteiger partial charge is 0.340 e. The molecule has 1 aliphatic heterocycles. The van der Waals surface area contributed by atoms with Gasteiger partial charge in [-0.2, -0.15) is 4.98 Å². The van der Waals surface area contributed by atoms with Gasteiger partial charge in [-0.1, -0.05) is 5.16 Å². The maximum atomic E-state index is 12.5. The Kier molecular flexibility index (Phi) is 4.24. The lowest BCUT2D eigenvalue weighted by atomic mass is 9.98. The Balaban J connectivity index is 1.44. The molecule has 0 saturated carbocycles. The molecule has 8 heteroatoms. The topological polar surface area (TPSA) is 89.9 Å². The van der Waals surface area contributed by atoms with Crippen LogP contribution in [0, 0.1) is 0 Å². The average Bonchev–Trinajstić information content (AvgIpc) is 3.34. The van der Waals surface area contributed by atoms with Crippen LogP contribution in [0.3, 0.4) is 0 Å². The van der Waals surface area contributed by atoms with Crippen LogP contribution in [-0.4, -0.2) is 48.6 Å². The Labute approximate surface area is 144 Å². The number of nitrogens with zero attached hydrogens (tertiary/aromatic N) is 6. The number of imidazole rings is 1. The summed E-state index contributed by atoms with van der Waals surface area (Å²) in [6.45, 7) is 1.66. The van der Waals surface area contributed by atoms with E-state index in [4.69, 9.17) is 4.52 Å². The number of carbonyl (C=O) groups excluding carboxylic acids is 1. The van der Waals surface area contributed by atoms with Gasteiger partial charge in [-0.25, -0.2) is 4.98 Å². The van der Waals surface area contributed by atoms with E-state index < -0.39 is 0 Å². The number of aromatic nitrogens is 5. The minimum absolute atomic E-state index is 0.0680. The summed E-state index contributed by atoms with van der Waals surface area (Å²) in [4.78, 5) is 26.9. The molecule has 1 atom stereocenters. The van der Waals surface area contributed by atoms with Gasteiger partial charge in [0.2, 0.25) is 17.6 Å². The minimum atomic E-state index is 0.0680. The molecule has 0 spiro atoms. The predicted octanol–water partition coefficient (Wildman–Crippen LogP) is 1.73. The summed E-state index contributed by atoms with van der Waals surface area (Å²) in [7, 11) is 0. The Morgan fingerprint density at radius 3 is 3.08 bits per heavy atom. The molecular formula is C17H18N6O2. The van der Waals surface area contributed by atoms with Crippen molar-refractivity contribution < 1.29 is 9.32 Å². The average molecular weight is 338 g/mol. The van der Waals surface area contributed by atoms with E-state index in [9.17, 15) is 4.79 Å². The van der Waals surface area contributed by atoms with E-state index in [0.29, 0.717) is 24.8 Å². The Bertz CT molecular complexity index is 830. The van der Waals surface area contributed by atoms with Crippen molar-refractivity contribution in [1.82, 2.24) is 29.6 Å². The van der Waals surface area contributed by atoms with Gasteiger partial charge in [-0.15, -0.1) is 0 Å². The van der Waals surface area contributed by atoms with Gasteiger partial charge >= 0.3 is 0 Å². The second kappa shape index (κ2) is 6.84. The van der Waals surface area contributed by atoms with Gasteiger partial charge < -0.3 is 14.0 Å². The third-order valence-electron chi connectivity index (χ3n) is 4.36. The van der Waals surface area contributed by atoms with E-state index in [1.807, 2.05) is 17.0 Å². The maximum Gasteiger partial charge on any atom is 0.242 e. The quantitative estimate of drug-likeness (QED) is 0.720. The number of piperidine rings is 1. The van der Waals surface area contributed by atoms with Crippen molar-refractivity contribution in [2.45, 2.75) is 25.3 Å². The van der Waals surface area contributed by atoms with E-state index in [2.05, 4.69) is 20.1 Å². The Morgan fingerprint density at radius 2 is 2.28 bits per heavy atom. The molecule has 128 valence electrons. The molecule has 0 bridgehead atoms. The fourth-order valence-electron chi connectivity index (χ4n) is 3.05. The molecule has 3 aromatic rings. The number of likely N-dealkylation sites (tertiary alicyclic amines) is 1. The van der Waals surface area contributed by atoms with Crippen LogP contribution in [0.2, 0.25) is 0 Å². The van der Waals surface area contributed by atoms with Crippen LogP contribution in [0.25, 0.3) is 11.4 Å². The number of amides is 1. The summed E-state index contributed by atoms with van der Waals surface area (Å²) in [5.41, 5.74) is 0.821. The fraction of sp³-hybridized carbons (Fsp3) is 0.353. The predicted molar refractivity (Wildman–Crippen MR) is 88.3 cm³/mol. The Morgan fingerprint density at radius 1 is 1.32 bits per heavy atom. The standard InChI is InChI=1S/C17H18N6O2/c24-15(11-22-8-6-19-12-22)23-7-2-4-14(10-23)17-20-16(21-25-17)13-3-1-5-18-9-13/h1,3,5-6,8-9,12,14H,2,4,7,10-11H2/t14-/m0/s1. The zero-order valence-corrected chi connectivity index (χ0v) is 13.7. The van der Waals surface area contributed by atoms with Gasteiger partial charge in [0.05, 0.1) is 12.2 Å². The van der Waals surface area contributed by atoms with Crippen LogP contribution in [0.15, 0.2) is 47.8 Å². The fourth-order valence-corrected chi connectivity index (χ4v) is 3.05. The molecule has 0 unspecified atom stereocenters. The highest BCUT2D eigenvalue weighted by molar-refractivity contribution is 5.76. The number of rotatable bonds is 4. The van der Waals surface area contributed by atoms with Crippen LogP contribution < -0.4 is 0 Å². The molecule has 3 aromatic heterocycles. The van der Waals surface area contributed by atoms with Gasteiger partial charge in [-0.3, -0.25) is 9.78 Å².